The van der Waals surface area contributed by atoms with Gasteiger partial charge in [-0.1, -0.05) is 45.7 Å². The Kier molecular flexibility index (Phi) is 4.45. The number of hydrogen-bond acceptors (Lipinski definition) is 3. The SMILES string of the molecule is O=[N+]([O-])c1ccccc1Cn1ccnc1-c1cc(Cl)cc(Br)c1. The summed E-state index contributed by atoms with van der Waals surface area (Å²) < 4.78 is 2.71. The maximum absolute atomic E-state index is 11.2. The van der Waals surface area contributed by atoms with E-state index in [1.165, 1.54) is 6.07 Å². The summed E-state index contributed by atoms with van der Waals surface area (Å²) in [6.45, 7) is 0.358. The fourth-order valence-electron chi connectivity index (χ4n) is 2.39. The van der Waals surface area contributed by atoms with Gasteiger partial charge in [-0.3, -0.25) is 10.1 Å². The van der Waals surface area contributed by atoms with Crippen LogP contribution in [0.2, 0.25) is 5.02 Å². The number of rotatable bonds is 4. The summed E-state index contributed by atoms with van der Waals surface area (Å²) in [5.41, 5.74) is 1.56. The molecule has 3 rings (SSSR count). The van der Waals surface area contributed by atoms with Crippen LogP contribution in [0.3, 0.4) is 0 Å². The van der Waals surface area contributed by atoms with Gasteiger partial charge in [-0.2, -0.15) is 0 Å². The molecule has 3 aromatic rings. The highest BCUT2D eigenvalue weighted by Crippen LogP contribution is 2.28. The van der Waals surface area contributed by atoms with Crippen molar-refractivity contribution in [2.24, 2.45) is 0 Å². The van der Waals surface area contributed by atoms with Gasteiger partial charge in [0, 0.05) is 39.1 Å². The van der Waals surface area contributed by atoms with Crippen LogP contribution in [0.1, 0.15) is 5.56 Å². The maximum atomic E-state index is 11.2. The monoisotopic (exact) mass is 391 g/mol. The lowest BCUT2D eigenvalue weighted by Crippen LogP contribution is -2.04. The van der Waals surface area contributed by atoms with E-state index >= 15 is 0 Å². The highest BCUT2D eigenvalue weighted by molar-refractivity contribution is 9.10. The first kappa shape index (κ1) is 15.7. The highest BCUT2D eigenvalue weighted by Gasteiger charge is 2.15. The normalized spacial score (nSPS) is 10.7. The molecule has 0 N–H and O–H groups in total. The van der Waals surface area contributed by atoms with E-state index in [1.54, 1.807) is 36.7 Å². The number of halogens is 2. The van der Waals surface area contributed by atoms with E-state index in [0.717, 1.165) is 10.0 Å². The Balaban J connectivity index is 2.01. The molecule has 0 bridgehead atoms. The van der Waals surface area contributed by atoms with Crippen molar-refractivity contribution >= 4 is 33.2 Å². The Hall–Kier alpha value is -2.18. The van der Waals surface area contributed by atoms with Crippen molar-refractivity contribution in [1.29, 1.82) is 0 Å². The van der Waals surface area contributed by atoms with E-state index in [4.69, 9.17) is 11.6 Å². The van der Waals surface area contributed by atoms with Crippen LogP contribution >= 0.6 is 27.5 Å². The number of hydrogen-bond donors (Lipinski definition) is 0. The fraction of sp³-hybridized carbons (Fsp3) is 0.0625. The second kappa shape index (κ2) is 6.52. The van der Waals surface area contributed by atoms with Gasteiger partial charge in [-0.25, -0.2) is 4.98 Å². The molecule has 0 unspecified atom stereocenters. The molecular weight excluding hydrogens is 382 g/mol. The van der Waals surface area contributed by atoms with E-state index in [0.29, 0.717) is 23.0 Å². The second-order valence-electron chi connectivity index (χ2n) is 4.92. The molecule has 0 aliphatic carbocycles. The zero-order valence-corrected chi connectivity index (χ0v) is 14.2. The summed E-state index contributed by atoms with van der Waals surface area (Å²) in [5.74, 6) is 0.700. The molecule has 0 saturated carbocycles. The van der Waals surface area contributed by atoms with Crippen molar-refractivity contribution < 1.29 is 4.92 Å². The van der Waals surface area contributed by atoms with E-state index in [-0.39, 0.29) is 10.6 Å². The fourth-order valence-corrected chi connectivity index (χ4v) is 3.25. The molecule has 7 heteroatoms. The minimum Gasteiger partial charge on any atom is -0.326 e. The van der Waals surface area contributed by atoms with Gasteiger partial charge in [-0.15, -0.1) is 0 Å². The van der Waals surface area contributed by atoms with Crippen LogP contribution in [0.15, 0.2) is 59.3 Å². The summed E-state index contributed by atoms with van der Waals surface area (Å²) in [4.78, 5) is 15.1. The van der Waals surface area contributed by atoms with Crippen LogP contribution in [-0.4, -0.2) is 14.5 Å². The molecule has 0 saturated heterocycles. The first-order chi connectivity index (χ1) is 11.0. The third kappa shape index (κ3) is 3.43. The molecule has 0 amide bonds. The molecule has 23 heavy (non-hydrogen) atoms. The smallest absolute Gasteiger partial charge is 0.274 e. The molecule has 0 aliphatic rings. The number of benzene rings is 2. The minimum absolute atomic E-state index is 0.0967. The molecule has 1 heterocycles. The lowest BCUT2D eigenvalue weighted by molar-refractivity contribution is -0.385. The van der Waals surface area contributed by atoms with Crippen molar-refractivity contribution in [3.63, 3.8) is 0 Å². The number of nitrogens with zero attached hydrogens (tertiary/aromatic N) is 3. The lowest BCUT2D eigenvalue weighted by atomic mass is 10.1. The Morgan fingerprint density at radius 3 is 2.78 bits per heavy atom. The van der Waals surface area contributed by atoms with Crippen LogP contribution in [0, 0.1) is 10.1 Å². The van der Waals surface area contributed by atoms with Gasteiger partial charge >= 0.3 is 0 Å². The molecule has 0 aliphatic heterocycles. The van der Waals surface area contributed by atoms with E-state index in [1.807, 2.05) is 16.7 Å². The van der Waals surface area contributed by atoms with Crippen LogP contribution in [0.5, 0.6) is 0 Å². The van der Waals surface area contributed by atoms with Gasteiger partial charge in [-0.05, 0) is 18.2 Å². The Bertz CT molecular complexity index is 859. The average Bonchev–Trinajstić information content (AvgIpc) is 2.95. The quantitative estimate of drug-likeness (QED) is 0.467. The largest absolute Gasteiger partial charge is 0.326 e. The molecule has 0 radical (unpaired) electrons. The molecule has 116 valence electrons. The van der Waals surface area contributed by atoms with Crippen molar-refractivity contribution in [2.45, 2.75) is 6.54 Å². The van der Waals surface area contributed by atoms with Crippen molar-refractivity contribution in [3.8, 4) is 11.4 Å². The Morgan fingerprint density at radius 1 is 1.26 bits per heavy atom. The van der Waals surface area contributed by atoms with Crippen molar-refractivity contribution in [3.05, 3.63) is 80.0 Å². The molecule has 0 atom stereocenters. The Labute approximate surface area is 145 Å². The second-order valence-corrected chi connectivity index (χ2v) is 6.27. The summed E-state index contributed by atoms with van der Waals surface area (Å²) in [6.07, 6.45) is 3.46. The van der Waals surface area contributed by atoms with Crippen LogP contribution in [0.25, 0.3) is 11.4 Å². The van der Waals surface area contributed by atoms with Crippen molar-refractivity contribution in [2.75, 3.05) is 0 Å². The molecule has 0 spiro atoms. The van der Waals surface area contributed by atoms with Gasteiger partial charge in [0.25, 0.3) is 5.69 Å². The molecular formula is C16H11BrClN3O2. The van der Waals surface area contributed by atoms with Gasteiger partial charge in [0.2, 0.25) is 0 Å². The summed E-state index contributed by atoms with van der Waals surface area (Å²) in [5, 5.41) is 11.7. The zero-order chi connectivity index (χ0) is 16.4. The van der Waals surface area contributed by atoms with Crippen LogP contribution in [0.4, 0.5) is 5.69 Å². The summed E-state index contributed by atoms with van der Waals surface area (Å²) in [7, 11) is 0. The van der Waals surface area contributed by atoms with Gasteiger partial charge in [0.15, 0.2) is 0 Å². The predicted molar refractivity (Wildman–Crippen MR) is 92.6 cm³/mol. The predicted octanol–water partition coefficient (Wildman–Crippen LogP) is 4.92. The van der Waals surface area contributed by atoms with Gasteiger partial charge in [0.1, 0.15) is 5.82 Å². The first-order valence-electron chi connectivity index (χ1n) is 6.74. The molecule has 2 aromatic carbocycles. The molecule has 1 aromatic heterocycles. The molecule has 0 fully saturated rings. The standard InChI is InChI=1S/C16H11BrClN3O2/c17-13-7-12(8-14(18)9-13)16-19-5-6-20(16)10-11-3-1-2-4-15(11)21(22)23/h1-9H,10H2. The third-order valence-corrected chi connectivity index (χ3v) is 4.04. The first-order valence-corrected chi connectivity index (χ1v) is 7.91. The van der Waals surface area contributed by atoms with Crippen molar-refractivity contribution in [1.82, 2.24) is 9.55 Å². The van der Waals surface area contributed by atoms with E-state index < -0.39 is 0 Å². The average molecular weight is 393 g/mol. The number of nitro benzene ring substituents is 1. The van der Waals surface area contributed by atoms with Gasteiger partial charge < -0.3 is 4.57 Å². The van der Waals surface area contributed by atoms with Gasteiger partial charge in [0.05, 0.1) is 11.5 Å². The third-order valence-electron chi connectivity index (χ3n) is 3.37. The topological polar surface area (TPSA) is 61.0 Å². The van der Waals surface area contributed by atoms with E-state index in [2.05, 4.69) is 20.9 Å². The van der Waals surface area contributed by atoms with E-state index in [9.17, 15) is 10.1 Å². The minimum atomic E-state index is -0.373. The number of para-hydroxylation sites is 1. The highest BCUT2D eigenvalue weighted by atomic mass is 79.9. The maximum Gasteiger partial charge on any atom is 0.274 e. The van der Waals surface area contributed by atoms with Crippen LogP contribution < -0.4 is 0 Å². The summed E-state index contributed by atoms with van der Waals surface area (Å²) >= 11 is 9.50. The molecule has 5 nitrogen and oxygen atoms in total. The lowest BCUT2D eigenvalue weighted by Gasteiger charge is -2.09. The number of aromatic nitrogens is 2. The zero-order valence-electron chi connectivity index (χ0n) is 11.8. The number of nitro groups is 1. The summed E-state index contributed by atoms with van der Waals surface area (Å²) in [6, 6.07) is 12.2. The Morgan fingerprint density at radius 2 is 2.04 bits per heavy atom. The number of imidazole rings is 1. The van der Waals surface area contributed by atoms with Crippen LogP contribution in [-0.2, 0) is 6.54 Å².